The standard InChI is InChI=1S/C29H23NO4S/c1-32-22-9-7-21(8-10-22)29-27(25-14-13-24(33-2)16-26(25)35-29)28(31)20-5-11-23(12-6-20)34-18-19-4-3-15-30-17-19/h3-17H,18H2,1-2H3. The van der Waals surface area contributed by atoms with Crippen molar-refractivity contribution < 1.29 is 19.0 Å². The van der Waals surface area contributed by atoms with Crippen molar-refractivity contribution in [1.29, 1.82) is 0 Å². The Hall–Kier alpha value is -4.16. The summed E-state index contributed by atoms with van der Waals surface area (Å²) in [6, 6.07) is 24.7. The number of rotatable bonds is 8. The van der Waals surface area contributed by atoms with E-state index in [1.165, 1.54) is 0 Å². The van der Waals surface area contributed by atoms with Crippen LogP contribution in [0.15, 0.2) is 91.3 Å². The number of benzene rings is 3. The highest BCUT2D eigenvalue weighted by Crippen LogP contribution is 2.41. The first-order valence-electron chi connectivity index (χ1n) is 11.1. The number of hydrogen-bond acceptors (Lipinski definition) is 6. The molecule has 35 heavy (non-hydrogen) atoms. The van der Waals surface area contributed by atoms with Gasteiger partial charge in [-0.2, -0.15) is 0 Å². The van der Waals surface area contributed by atoms with E-state index in [1.807, 2.05) is 78.9 Å². The summed E-state index contributed by atoms with van der Waals surface area (Å²) >= 11 is 1.58. The van der Waals surface area contributed by atoms with Crippen molar-refractivity contribution in [2.24, 2.45) is 0 Å². The lowest BCUT2D eigenvalue weighted by Crippen LogP contribution is -2.03. The lowest BCUT2D eigenvalue weighted by atomic mass is 9.97. The Labute approximate surface area is 207 Å². The van der Waals surface area contributed by atoms with Crippen LogP contribution in [0.2, 0.25) is 0 Å². The normalized spacial score (nSPS) is 10.8. The summed E-state index contributed by atoms with van der Waals surface area (Å²) in [7, 11) is 3.28. The van der Waals surface area contributed by atoms with E-state index in [0.717, 1.165) is 37.6 Å². The zero-order valence-electron chi connectivity index (χ0n) is 19.4. The van der Waals surface area contributed by atoms with Gasteiger partial charge in [-0.15, -0.1) is 11.3 Å². The number of carbonyl (C=O) groups excluding carboxylic acids is 1. The van der Waals surface area contributed by atoms with Gasteiger partial charge in [0.1, 0.15) is 23.9 Å². The minimum Gasteiger partial charge on any atom is -0.497 e. The average molecular weight is 482 g/mol. The molecule has 0 atom stereocenters. The van der Waals surface area contributed by atoms with Crippen molar-refractivity contribution in [1.82, 2.24) is 4.98 Å². The highest BCUT2D eigenvalue weighted by atomic mass is 32.1. The van der Waals surface area contributed by atoms with E-state index in [1.54, 1.807) is 38.0 Å². The van der Waals surface area contributed by atoms with Crippen LogP contribution in [0.25, 0.3) is 20.5 Å². The van der Waals surface area contributed by atoms with Crippen molar-refractivity contribution in [2.75, 3.05) is 14.2 Å². The molecule has 2 heterocycles. The van der Waals surface area contributed by atoms with E-state index in [-0.39, 0.29) is 5.78 Å². The van der Waals surface area contributed by atoms with Gasteiger partial charge >= 0.3 is 0 Å². The zero-order chi connectivity index (χ0) is 24.2. The second-order valence-corrected chi connectivity index (χ2v) is 8.95. The van der Waals surface area contributed by atoms with Gasteiger partial charge in [0.05, 0.1) is 14.2 Å². The van der Waals surface area contributed by atoms with Crippen LogP contribution < -0.4 is 14.2 Å². The number of fused-ring (bicyclic) bond motifs is 1. The van der Waals surface area contributed by atoms with E-state index < -0.39 is 0 Å². The van der Waals surface area contributed by atoms with Gasteiger partial charge in [0.25, 0.3) is 0 Å². The molecule has 0 spiro atoms. The molecule has 0 aliphatic rings. The Morgan fingerprint density at radius 1 is 0.857 bits per heavy atom. The number of thiophene rings is 1. The molecule has 0 radical (unpaired) electrons. The maximum absolute atomic E-state index is 13.8. The Morgan fingerprint density at radius 3 is 2.26 bits per heavy atom. The van der Waals surface area contributed by atoms with Gasteiger partial charge in [-0.25, -0.2) is 0 Å². The predicted molar refractivity (Wildman–Crippen MR) is 139 cm³/mol. The molecule has 174 valence electrons. The molecule has 0 aliphatic heterocycles. The number of ether oxygens (including phenoxy) is 3. The smallest absolute Gasteiger partial charge is 0.195 e. The molecule has 3 aromatic carbocycles. The second kappa shape index (κ2) is 9.99. The van der Waals surface area contributed by atoms with Crippen LogP contribution in [0.4, 0.5) is 0 Å². The van der Waals surface area contributed by atoms with Gasteiger partial charge in [-0.05, 0) is 78.4 Å². The van der Waals surface area contributed by atoms with Gasteiger partial charge in [-0.1, -0.05) is 6.07 Å². The molecule has 0 aliphatic carbocycles. The van der Waals surface area contributed by atoms with E-state index >= 15 is 0 Å². The molecule has 5 rings (SSSR count). The summed E-state index contributed by atoms with van der Waals surface area (Å²) in [5, 5.41) is 0.906. The van der Waals surface area contributed by atoms with Gasteiger partial charge in [0.15, 0.2) is 5.78 Å². The molecular formula is C29H23NO4S. The summed E-state index contributed by atoms with van der Waals surface area (Å²) in [4.78, 5) is 18.8. The lowest BCUT2D eigenvalue weighted by Gasteiger charge is -2.09. The molecule has 0 saturated heterocycles. The SMILES string of the molecule is COc1ccc(-c2sc3cc(OC)ccc3c2C(=O)c2ccc(OCc3cccnc3)cc2)cc1. The van der Waals surface area contributed by atoms with Crippen molar-refractivity contribution in [3.05, 3.63) is 108 Å². The molecule has 5 aromatic rings. The number of aromatic nitrogens is 1. The van der Waals surface area contributed by atoms with Crippen molar-refractivity contribution in [3.63, 3.8) is 0 Å². The molecule has 6 heteroatoms. The fraction of sp³-hybridized carbons (Fsp3) is 0.103. The number of carbonyl (C=O) groups is 1. The molecule has 0 bridgehead atoms. The number of ketones is 1. The molecule has 0 unspecified atom stereocenters. The molecule has 0 fully saturated rings. The van der Waals surface area contributed by atoms with Crippen LogP contribution in [0, 0.1) is 0 Å². The van der Waals surface area contributed by atoms with Crippen molar-refractivity contribution >= 4 is 27.2 Å². The van der Waals surface area contributed by atoms with Crippen LogP contribution in [0.5, 0.6) is 17.2 Å². The summed E-state index contributed by atoms with van der Waals surface area (Å²) < 4.78 is 17.6. The second-order valence-electron chi connectivity index (χ2n) is 7.90. The fourth-order valence-corrected chi connectivity index (χ4v) is 5.11. The topological polar surface area (TPSA) is 57.7 Å². The van der Waals surface area contributed by atoms with Crippen LogP contribution in [-0.2, 0) is 6.61 Å². The van der Waals surface area contributed by atoms with Crippen LogP contribution in [0.3, 0.4) is 0 Å². The van der Waals surface area contributed by atoms with Gasteiger partial charge in [0.2, 0.25) is 0 Å². The highest BCUT2D eigenvalue weighted by Gasteiger charge is 2.22. The van der Waals surface area contributed by atoms with Gasteiger partial charge in [0, 0.05) is 44.0 Å². The largest absolute Gasteiger partial charge is 0.497 e. The molecule has 5 nitrogen and oxygen atoms in total. The Bertz CT molecular complexity index is 1460. The van der Waals surface area contributed by atoms with E-state index in [2.05, 4.69) is 4.98 Å². The first-order chi connectivity index (χ1) is 17.2. The van der Waals surface area contributed by atoms with Crippen LogP contribution in [-0.4, -0.2) is 25.0 Å². The minimum atomic E-state index is -0.0361. The maximum atomic E-state index is 13.8. The number of nitrogens with zero attached hydrogens (tertiary/aromatic N) is 1. The molecular weight excluding hydrogens is 458 g/mol. The monoisotopic (exact) mass is 481 g/mol. The molecule has 2 aromatic heterocycles. The Morgan fingerprint density at radius 2 is 1.57 bits per heavy atom. The van der Waals surface area contributed by atoms with Gasteiger partial charge < -0.3 is 14.2 Å². The van der Waals surface area contributed by atoms with E-state index in [9.17, 15) is 4.79 Å². The summed E-state index contributed by atoms with van der Waals surface area (Å²) in [6.07, 6.45) is 3.50. The third kappa shape index (κ3) is 4.74. The Kier molecular flexibility index (Phi) is 6.46. The van der Waals surface area contributed by atoms with Crippen LogP contribution >= 0.6 is 11.3 Å². The van der Waals surface area contributed by atoms with E-state index in [0.29, 0.717) is 23.5 Å². The lowest BCUT2D eigenvalue weighted by molar-refractivity contribution is 0.104. The number of hydrogen-bond donors (Lipinski definition) is 0. The summed E-state index contributed by atoms with van der Waals surface area (Å²) in [5.41, 5.74) is 3.23. The summed E-state index contributed by atoms with van der Waals surface area (Å²) in [6.45, 7) is 0.416. The predicted octanol–water partition coefficient (Wildman–Crippen LogP) is 6.79. The quantitative estimate of drug-likeness (QED) is 0.228. The molecule has 0 N–H and O–H groups in total. The van der Waals surface area contributed by atoms with Crippen molar-refractivity contribution in [3.8, 4) is 27.7 Å². The Balaban J connectivity index is 1.49. The average Bonchev–Trinajstić information content (AvgIpc) is 3.31. The first-order valence-corrected chi connectivity index (χ1v) is 11.9. The van der Waals surface area contributed by atoms with Crippen LogP contribution in [0.1, 0.15) is 21.5 Å². The minimum absolute atomic E-state index is 0.0361. The fourth-order valence-electron chi connectivity index (χ4n) is 3.87. The third-order valence-corrected chi connectivity index (χ3v) is 6.92. The maximum Gasteiger partial charge on any atom is 0.195 e. The zero-order valence-corrected chi connectivity index (χ0v) is 20.2. The van der Waals surface area contributed by atoms with E-state index in [4.69, 9.17) is 14.2 Å². The summed E-state index contributed by atoms with van der Waals surface area (Å²) in [5.74, 6) is 2.19. The molecule has 0 saturated carbocycles. The number of methoxy groups -OCH3 is 2. The third-order valence-electron chi connectivity index (χ3n) is 5.72. The van der Waals surface area contributed by atoms with Gasteiger partial charge in [-0.3, -0.25) is 9.78 Å². The molecule has 0 amide bonds. The highest BCUT2D eigenvalue weighted by molar-refractivity contribution is 7.22. The number of pyridine rings is 1. The van der Waals surface area contributed by atoms with Crippen molar-refractivity contribution in [2.45, 2.75) is 6.61 Å². The first kappa shape index (κ1) is 22.6.